The number of aldehydes is 1. The normalized spacial score (nSPS) is 36.3. The van der Waals surface area contributed by atoms with Gasteiger partial charge >= 0.3 is 0 Å². The molecule has 10 atom stereocenters. The molecule has 4 bridgehead atoms. The standard InChI is InChI=1S/C44H62N2O6/c1-28(35-13-12-29(2)42(51)46-31(4)22-32-9-7-10-33(23-32)24-35)8-6-11-37(27-49)38-16-18-44(41(38)50)40-34(17-21-47)14-15-36(39(40)30(3)26-48)25-43(44,52)19-20-45-5/h6-12,14-15,23,26,31,34-36,38,40-42,45-47,49-52H,1,13,16-22,24-25,27H2,2-5H3/t31-,34+,35+,36+,38-,40-,41-,42-,43-,44-/m1/s1. The highest BCUT2D eigenvalue weighted by Crippen LogP contribution is 2.67. The Kier molecular flexibility index (Phi) is 13.5. The molecular formula is C44H62N2O6. The van der Waals surface area contributed by atoms with Gasteiger partial charge in [0.2, 0.25) is 0 Å². The van der Waals surface area contributed by atoms with Gasteiger partial charge in [0.15, 0.2) is 0 Å². The monoisotopic (exact) mass is 714 g/mol. The Morgan fingerprint density at radius 2 is 1.90 bits per heavy atom. The number of benzene rings is 1. The Bertz CT molecular complexity index is 1590. The first kappa shape index (κ1) is 40.2. The van der Waals surface area contributed by atoms with Gasteiger partial charge in [-0.1, -0.05) is 78.4 Å². The zero-order chi connectivity index (χ0) is 37.6. The van der Waals surface area contributed by atoms with Gasteiger partial charge in [0.25, 0.3) is 0 Å². The minimum absolute atomic E-state index is 0.0386. The van der Waals surface area contributed by atoms with E-state index < -0.39 is 29.3 Å². The topological polar surface area (TPSA) is 142 Å². The lowest BCUT2D eigenvalue weighted by Crippen LogP contribution is -2.65. The van der Waals surface area contributed by atoms with E-state index in [1.807, 2.05) is 39.1 Å². The Morgan fingerprint density at radius 1 is 1.15 bits per heavy atom. The maximum Gasteiger partial charge on any atom is 0.145 e. The van der Waals surface area contributed by atoms with E-state index in [1.165, 1.54) is 11.1 Å². The molecule has 0 unspecified atom stereocenters. The molecule has 5 rings (SSSR count). The van der Waals surface area contributed by atoms with Crippen LogP contribution in [-0.4, -0.2) is 82.6 Å². The number of aliphatic hydroxyl groups is 5. The molecule has 284 valence electrons. The van der Waals surface area contributed by atoms with E-state index in [-0.39, 0.29) is 42.9 Å². The van der Waals surface area contributed by atoms with E-state index in [0.29, 0.717) is 56.2 Å². The zero-order valence-corrected chi connectivity index (χ0v) is 31.6. The Hall–Kier alpha value is -2.95. The number of hydrogen-bond acceptors (Lipinski definition) is 8. The molecule has 8 nitrogen and oxygen atoms in total. The van der Waals surface area contributed by atoms with Crippen molar-refractivity contribution in [1.82, 2.24) is 10.6 Å². The third-order valence-electron chi connectivity index (χ3n) is 12.8. The highest BCUT2D eigenvalue weighted by atomic mass is 16.3. The highest BCUT2D eigenvalue weighted by Gasteiger charge is 2.68. The van der Waals surface area contributed by atoms with Crippen molar-refractivity contribution in [2.45, 2.75) is 96.1 Å². The fourth-order valence-corrected chi connectivity index (χ4v) is 10.1. The van der Waals surface area contributed by atoms with Crippen LogP contribution in [-0.2, 0) is 17.6 Å². The predicted molar refractivity (Wildman–Crippen MR) is 207 cm³/mol. The minimum Gasteiger partial charge on any atom is -0.396 e. The zero-order valence-electron chi connectivity index (χ0n) is 31.6. The third-order valence-corrected chi connectivity index (χ3v) is 12.8. The molecule has 0 saturated heterocycles. The third kappa shape index (κ3) is 8.09. The van der Waals surface area contributed by atoms with Gasteiger partial charge in [0.1, 0.15) is 12.5 Å². The molecule has 8 heteroatoms. The van der Waals surface area contributed by atoms with Crippen LogP contribution < -0.4 is 10.6 Å². The number of aliphatic hydroxyl groups excluding tert-OH is 4. The number of rotatable bonds is 11. The van der Waals surface area contributed by atoms with Gasteiger partial charge < -0.3 is 30.8 Å². The van der Waals surface area contributed by atoms with Crippen molar-refractivity contribution in [2.75, 3.05) is 26.8 Å². The van der Waals surface area contributed by atoms with Crippen molar-refractivity contribution in [3.05, 3.63) is 106 Å². The van der Waals surface area contributed by atoms with Gasteiger partial charge in [0.05, 0.1) is 18.3 Å². The lowest BCUT2D eigenvalue weighted by atomic mass is 9.45. The predicted octanol–water partition coefficient (Wildman–Crippen LogP) is 4.88. The van der Waals surface area contributed by atoms with Crippen molar-refractivity contribution >= 4 is 6.29 Å². The molecule has 52 heavy (non-hydrogen) atoms. The van der Waals surface area contributed by atoms with Crippen molar-refractivity contribution in [2.24, 2.45) is 35.0 Å². The lowest BCUT2D eigenvalue weighted by molar-refractivity contribution is -0.194. The summed E-state index contributed by atoms with van der Waals surface area (Å²) in [7, 11) is 1.86. The van der Waals surface area contributed by atoms with Crippen LogP contribution >= 0.6 is 0 Å². The number of hydrogen-bond donors (Lipinski definition) is 7. The summed E-state index contributed by atoms with van der Waals surface area (Å²) < 4.78 is 0. The molecule has 4 aliphatic rings. The molecule has 0 radical (unpaired) electrons. The summed E-state index contributed by atoms with van der Waals surface area (Å²) in [6.45, 7) is 10.6. The smallest absolute Gasteiger partial charge is 0.145 e. The summed E-state index contributed by atoms with van der Waals surface area (Å²) in [5.41, 5.74) is 4.36. The lowest BCUT2D eigenvalue weighted by Gasteiger charge is -2.61. The highest BCUT2D eigenvalue weighted by molar-refractivity contribution is 5.74. The van der Waals surface area contributed by atoms with E-state index in [1.54, 1.807) is 0 Å². The average molecular weight is 715 g/mol. The molecule has 0 amide bonds. The number of nitrogens with one attached hydrogen (secondary N) is 2. The molecule has 1 aromatic carbocycles. The van der Waals surface area contributed by atoms with Crippen LogP contribution in [0.1, 0.15) is 70.4 Å². The SMILES string of the molecule is C=C(C=CC=C(CO)[C@H]1CC[C@]2([C@@H]1O)[C@H]1C(=C(C)C=O)[C@@H](C=C[C@H]1CCO)C[C@]2(O)CCNC)[C@H]1CC=C(C)[C@@H](O)N[C@H](C)Cc2cccc(c2)C1. The van der Waals surface area contributed by atoms with E-state index >= 15 is 0 Å². The van der Waals surface area contributed by atoms with Gasteiger partial charge in [-0.25, -0.2) is 0 Å². The van der Waals surface area contributed by atoms with E-state index in [4.69, 9.17) is 0 Å². The molecule has 1 aliphatic heterocycles. The average Bonchev–Trinajstić information content (AvgIpc) is 3.47. The van der Waals surface area contributed by atoms with Gasteiger partial charge in [-0.3, -0.25) is 10.1 Å². The minimum atomic E-state index is -1.23. The molecule has 0 aromatic heterocycles. The van der Waals surface area contributed by atoms with Crippen molar-refractivity contribution < 1.29 is 30.3 Å². The Labute approximate surface area is 310 Å². The quantitative estimate of drug-likeness (QED) is 0.0745. The van der Waals surface area contributed by atoms with Crippen molar-refractivity contribution in [3.8, 4) is 0 Å². The number of carbonyl (C=O) groups excluding carboxylic acids is 1. The van der Waals surface area contributed by atoms with Crippen LogP contribution in [0.25, 0.3) is 0 Å². The molecule has 1 heterocycles. The van der Waals surface area contributed by atoms with Gasteiger partial charge in [-0.15, -0.1) is 0 Å². The fourth-order valence-electron chi connectivity index (χ4n) is 10.1. The second kappa shape index (κ2) is 17.5. The molecule has 2 saturated carbocycles. The number of allylic oxidation sites excluding steroid dienone is 9. The van der Waals surface area contributed by atoms with E-state index in [0.717, 1.165) is 35.8 Å². The van der Waals surface area contributed by atoms with E-state index in [9.17, 15) is 30.3 Å². The summed E-state index contributed by atoms with van der Waals surface area (Å²) >= 11 is 0. The van der Waals surface area contributed by atoms with Gasteiger partial charge in [0, 0.05) is 29.9 Å². The van der Waals surface area contributed by atoms with Gasteiger partial charge in [-0.05, 0) is 131 Å². The largest absolute Gasteiger partial charge is 0.396 e. The fraction of sp³-hybridized carbons (Fsp3) is 0.568. The molecule has 1 aromatic rings. The van der Waals surface area contributed by atoms with Crippen LogP contribution in [0, 0.1) is 35.0 Å². The first-order valence-electron chi connectivity index (χ1n) is 19.3. The number of fused-ring (bicyclic) bond motifs is 5. The van der Waals surface area contributed by atoms with Crippen LogP contribution in [0.4, 0.5) is 0 Å². The van der Waals surface area contributed by atoms with Crippen molar-refractivity contribution in [1.29, 1.82) is 0 Å². The van der Waals surface area contributed by atoms with Crippen molar-refractivity contribution in [3.63, 3.8) is 0 Å². The first-order valence-corrected chi connectivity index (χ1v) is 19.3. The molecular weight excluding hydrogens is 652 g/mol. The van der Waals surface area contributed by atoms with Gasteiger partial charge in [-0.2, -0.15) is 0 Å². The summed E-state index contributed by atoms with van der Waals surface area (Å²) in [4.78, 5) is 12.3. The number of carbonyl (C=O) groups is 1. The summed E-state index contributed by atoms with van der Waals surface area (Å²) in [6, 6.07) is 8.73. The summed E-state index contributed by atoms with van der Waals surface area (Å²) in [6.07, 6.45) is 16.0. The Morgan fingerprint density at radius 3 is 2.60 bits per heavy atom. The molecule has 7 N–H and O–H groups in total. The summed E-state index contributed by atoms with van der Waals surface area (Å²) in [5.74, 6) is -0.895. The molecule has 2 fully saturated rings. The first-order chi connectivity index (χ1) is 24.9. The summed E-state index contributed by atoms with van der Waals surface area (Å²) in [5, 5.41) is 63.4. The Balaban J connectivity index is 1.45. The maximum absolute atomic E-state index is 12.7. The van der Waals surface area contributed by atoms with Crippen LogP contribution in [0.3, 0.4) is 0 Å². The molecule has 1 spiro atoms. The van der Waals surface area contributed by atoms with Crippen LogP contribution in [0.5, 0.6) is 0 Å². The van der Waals surface area contributed by atoms with Crippen LogP contribution in [0.2, 0.25) is 0 Å². The maximum atomic E-state index is 12.7. The second-order valence-electron chi connectivity index (χ2n) is 16.0. The van der Waals surface area contributed by atoms with Crippen LogP contribution in [0.15, 0.2) is 95.2 Å². The van der Waals surface area contributed by atoms with E-state index in [2.05, 4.69) is 66.6 Å². The second-order valence-corrected chi connectivity index (χ2v) is 16.0. The molecule has 3 aliphatic carbocycles.